The first kappa shape index (κ1) is 16.5. The average Bonchev–Trinajstić information content (AvgIpc) is 2.63. The summed E-state index contributed by atoms with van der Waals surface area (Å²) in [4.78, 5) is 16.0. The quantitative estimate of drug-likeness (QED) is 0.920. The van der Waals surface area contributed by atoms with Crippen LogP contribution in [0.2, 0.25) is 0 Å². The fraction of sp³-hybridized carbons (Fsp3) is 0.350. The van der Waals surface area contributed by atoms with Gasteiger partial charge in [0.15, 0.2) is 0 Å². The molecule has 2 aromatic carbocycles. The van der Waals surface area contributed by atoms with E-state index >= 15 is 0 Å². The van der Waals surface area contributed by atoms with Gasteiger partial charge in [-0.05, 0) is 49.7 Å². The molecule has 1 fully saturated rings. The summed E-state index contributed by atoms with van der Waals surface area (Å²) in [6, 6.07) is 18.8. The highest BCUT2D eigenvalue weighted by Gasteiger charge is 2.23. The Kier molecular flexibility index (Phi) is 5.16. The second kappa shape index (κ2) is 7.49. The molecule has 1 aliphatic rings. The molecule has 1 saturated heterocycles. The maximum atomic E-state index is 11.2. The number of carbonyl (C=O) groups is 1. The number of nitrogens with zero attached hydrogens (tertiary/aromatic N) is 2. The molecule has 1 atom stereocenters. The number of anilines is 1. The van der Waals surface area contributed by atoms with Gasteiger partial charge in [0.25, 0.3) is 0 Å². The van der Waals surface area contributed by atoms with Gasteiger partial charge < -0.3 is 10.6 Å². The molecule has 0 saturated carbocycles. The number of benzene rings is 2. The minimum absolute atomic E-state index is 0.374. The maximum absolute atomic E-state index is 11.2. The van der Waals surface area contributed by atoms with Crippen molar-refractivity contribution in [3.05, 3.63) is 65.7 Å². The number of nitrogens with two attached hydrogens (primary N) is 1. The monoisotopic (exact) mass is 323 g/mol. The Bertz CT molecular complexity index is 669. The Hall–Kier alpha value is -2.33. The Labute approximate surface area is 143 Å². The van der Waals surface area contributed by atoms with Crippen LogP contribution >= 0.6 is 0 Å². The van der Waals surface area contributed by atoms with E-state index in [9.17, 15) is 4.79 Å². The first-order chi connectivity index (χ1) is 11.6. The van der Waals surface area contributed by atoms with Crippen molar-refractivity contribution in [3.63, 3.8) is 0 Å². The van der Waals surface area contributed by atoms with Gasteiger partial charge in [-0.25, -0.2) is 0 Å². The van der Waals surface area contributed by atoms with E-state index in [0.717, 1.165) is 19.6 Å². The van der Waals surface area contributed by atoms with Crippen LogP contribution in [0.1, 0.15) is 28.8 Å². The standard InChI is InChI=1S/C20H25N3O/c1-22(14-16-9-11-17(12-10-16)20(21)24)19-8-5-13-23(15-19)18-6-3-2-4-7-18/h2-4,6-7,9-12,19H,5,8,13-15H2,1H3,(H2,21,24)/t19-/m0/s1. The number of carbonyl (C=O) groups excluding carboxylic acids is 1. The molecule has 1 aliphatic heterocycles. The van der Waals surface area contributed by atoms with Crippen LogP contribution in [0.5, 0.6) is 0 Å². The largest absolute Gasteiger partial charge is 0.370 e. The molecule has 4 nitrogen and oxygen atoms in total. The molecular weight excluding hydrogens is 298 g/mol. The number of amides is 1. The Morgan fingerprint density at radius 1 is 1.17 bits per heavy atom. The van der Waals surface area contributed by atoms with Crippen LogP contribution in [0.4, 0.5) is 5.69 Å². The molecule has 24 heavy (non-hydrogen) atoms. The molecule has 0 spiro atoms. The normalized spacial score (nSPS) is 17.9. The van der Waals surface area contributed by atoms with E-state index in [2.05, 4.69) is 47.2 Å². The molecule has 1 amide bonds. The van der Waals surface area contributed by atoms with E-state index in [-0.39, 0.29) is 5.91 Å². The van der Waals surface area contributed by atoms with E-state index in [1.165, 1.54) is 24.1 Å². The summed E-state index contributed by atoms with van der Waals surface area (Å²) in [6.45, 7) is 3.06. The van der Waals surface area contributed by atoms with Gasteiger partial charge in [-0.15, -0.1) is 0 Å². The molecular formula is C20H25N3O. The number of piperidine rings is 1. The zero-order valence-corrected chi connectivity index (χ0v) is 14.2. The van der Waals surface area contributed by atoms with Crippen LogP contribution in [-0.2, 0) is 6.54 Å². The predicted molar refractivity (Wildman–Crippen MR) is 98.1 cm³/mol. The first-order valence-corrected chi connectivity index (χ1v) is 8.52. The Morgan fingerprint density at radius 3 is 2.54 bits per heavy atom. The molecule has 1 heterocycles. The maximum Gasteiger partial charge on any atom is 0.248 e. The summed E-state index contributed by atoms with van der Waals surface area (Å²) >= 11 is 0. The zero-order valence-electron chi connectivity index (χ0n) is 14.2. The summed E-state index contributed by atoms with van der Waals surface area (Å²) in [5, 5.41) is 0. The predicted octanol–water partition coefficient (Wildman–Crippen LogP) is 2.89. The second-order valence-corrected chi connectivity index (χ2v) is 6.55. The van der Waals surface area contributed by atoms with Crippen LogP contribution in [0, 0.1) is 0 Å². The van der Waals surface area contributed by atoms with Gasteiger partial charge in [-0.2, -0.15) is 0 Å². The fourth-order valence-electron chi connectivity index (χ4n) is 3.38. The molecule has 3 rings (SSSR count). The third-order valence-corrected chi connectivity index (χ3v) is 4.81. The lowest BCUT2D eigenvalue weighted by Crippen LogP contribution is -2.46. The topological polar surface area (TPSA) is 49.6 Å². The van der Waals surface area contributed by atoms with Crippen molar-refractivity contribution in [2.45, 2.75) is 25.4 Å². The minimum Gasteiger partial charge on any atom is -0.370 e. The number of likely N-dealkylation sites (N-methyl/N-ethyl adjacent to an activating group) is 1. The van der Waals surface area contributed by atoms with E-state index in [1.807, 2.05) is 24.3 Å². The summed E-state index contributed by atoms with van der Waals surface area (Å²) in [7, 11) is 2.18. The van der Waals surface area contributed by atoms with E-state index in [0.29, 0.717) is 11.6 Å². The lowest BCUT2D eigenvalue weighted by atomic mass is 10.0. The molecule has 2 N–H and O–H groups in total. The lowest BCUT2D eigenvalue weighted by Gasteiger charge is -2.39. The fourth-order valence-corrected chi connectivity index (χ4v) is 3.38. The van der Waals surface area contributed by atoms with Crippen LogP contribution < -0.4 is 10.6 Å². The SMILES string of the molecule is CN(Cc1ccc(C(N)=O)cc1)[C@H]1CCCN(c2ccccc2)C1. The molecule has 0 bridgehead atoms. The number of primary amides is 1. The van der Waals surface area contributed by atoms with Crippen molar-refractivity contribution in [1.29, 1.82) is 0 Å². The van der Waals surface area contributed by atoms with Gasteiger partial charge in [-0.1, -0.05) is 30.3 Å². The molecule has 126 valence electrons. The van der Waals surface area contributed by atoms with Gasteiger partial charge in [0, 0.05) is 36.9 Å². The second-order valence-electron chi connectivity index (χ2n) is 6.55. The van der Waals surface area contributed by atoms with Crippen LogP contribution in [0.25, 0.3) is 0 Å². The van der Waals surface area contributed by atoms with Gasteiger partial charge in [0.05, 0.1) is 0 Å². The number of hydrogen-bond donors (Lipinski definition) is 1. The molecule has 0 aromatic heterocycles. The van der Waals surface area contributed by atoms with E-state index < -0.39 is 0 Å². The summed E-state index contributed by atoms with van der Waals surface area (Å²) < 4.78 is 0. The molecule has 0 unspecified atom stereocenters. The lowest BCUT2D eigenvalue weighted by molar-refractivity contribution is 0.100. The summed E-state index contributed by atoms with van der Waals surface area (Å²) in [5.74, 6) is -0.374. The number of rotatable bonds is 5. The van der Waals surface area contributed by atoms with Crippen molar-refractivity contribution in [2.75, 3.05) is 25.0 Å². The highest BCUT2D eigenvalue weighted by molar-refractivity contribution is 5.92. The van der Waals surface area contributed by atoms with E-state index in [4.69, 9.17) is 5.73 Å². The zero-order chi connectivity index (χ0) is 16.9. The highest BCUT2D eigenvalue weighted by atomic mass is 16.1. The molecule has 4 heteroatoms. The van der Waals surface area contributed by atoms with E-state index in [1.54, 1.807) is 0 Å². The molecule has 0 radical (unpaired) electrons. The minimum atomic E-state index is -0.374. The van der Waals surface area contributed by atoms with Crippen molar-refractivity contribution >= 4 is 11.6 Å². The van der Waals surface area contributed by atoms with Crippen LogP contribution in [0.3, 0.4) is 0 Å². The van der Waals surface area contributed by atoms with Crippen LogP contribution in [-0.4, -0.2) is 37.0 Å². The van der Waals surface area contributed by atoms with Crippen molar-refractivity contribution in [3.8, 4) is 0 Å². The van der Waals surface area contributed by atoms with Crippen molar-refractivity contribution in [2.24, 2.45) is 5.73 Å². The van der Waals surface area contributed by atoms with Crippen molar-refractivity contribution < 1.29 is 4.79 Å². The number of hydrogen-bond acceptors (Lipinski definition) is 3. The van der Waals surface area contributed by atoms with Gasteiger partial charge in [0.1, 0.15) is 0 Å². The van der Waals surface area contributed by atoms with Crippen LogP contribution in [0.15, 0.2) is 54.6 Å². The summed E-state index contributed by atoms with van der Waals surface area (Å²) in [5.41, 5.74) is 8.38. The Balaban J connectivity index is 1.62. The molecule has 0 aliphatic carbocycles. The van der Waals surface area contributed by atoms with Gasteiger partial charge >= 0.3 is 0 Å². The Morgan fingerprint density at radius 2 is 1.88 bits per heavy atom. The average molecular weight is 323 g/mol. The van der Waals surface area contributed by atoms with Gasteiger partial charge in [-0.3, -0.25) is 9.69 Å². The first-order valence-electron chi connectivity index (χ1n) is 8.52. The summed E-state index contributed by atoms with van der Waals surface area (Å²) in [6.07, 6.45) is 2.43. The smallest absolute Gasteiger partial charge is 0.248 e. The number of para-hydroxylation sites is 1. The third-order valence-electron chi connectivity index (χ3n) is 4.81. The highest BCUT2D eigenvalue weighted by Crippen LogP contribution is 2.22. The third kappa shape index (κ3) is 3.95. The molecule has 2 aromatic rings. The van der Waals surface area contributed by atoms with Gasteiger partial charge in [0.2, 0.25) is 5.91 Å². The van der Waals surface area contributed by atoms with Crippen molar-refractivity contribution in [1.82, 2.24) is 4.90 Å².